The van der Waals surface area contributed by atoms with Crippen molar-refractivity contribution < 1.29 is 14.4 Å². The van der Waals surface area contributed by atoms with Gasteiger partial charge in [-0.2, -0.15) is 4.98 Å². The van der Waals surface area contributed by atoms with Crippen molar-refractivity contribution in [3.8, 4) is 17.1 Å². The summed E-state index contributed by atoms with van der Waals surface area (Å²) in [5, 5.41) is 13.3. The molecule has 0 spiro atoms. The minimum Gasteiger partial charge on any atom is -0.508 e. The Morgan fingerprint density at radius 1 is 1.35 bits per heavy atom. The number of hydrogen-bond acceptors (Lipinski definition) is 5. The number of nitrogens with zero attached hydrogens (tertiary/aromatic N) is 2. The lowest BCUT2D eigenvalue weighted by Gasteiger charge is -2.00. The molecule has 1 saturated heterocycles. The van der Waals surface area contributed by atoms with Crippen molar-refractivity contribution >= 4 is 0 Å². The molecule has 0 amide bonds. The molecular formula is C12H12N2O3. The van der Waals surface area contributed by atoms with E-state index in [0.29, 0.717) is 11.7 Å². The standard InChI is InChI=1S/C12H12N2O3/c15-9-4-1-3-8(7-9)11-13-12(17-14-11)10-5-2-6-16-10/h1,3-4,7,10,15H,2,5-6H2/t10-/m0/s1. The fourth-order valence-corrected chi connectivity index (χ4v) is 1.90. The molecule has 0 aliphatic carbocycles. The summed E-state index contributed by atoms with van der Waals surface area (Å²) in [6.45, 7) is 0.745. The van der Waals surface area contributed by atoms with E-state index in [-0.39, 0.29) is 11.9 Å². The summed E-state index contributed by atoms with van der Waals surface area (Å²) in [5.74, 6) is 1.18. The zero-order valence-electron chi connectivity index (χ0n) is 9.17. The van der Waals surface area contributed by atoms with Crippen LogP contribution >= 0.6 is 0 Å². The maximum absolute atomic E-state index is 9.38. The van der Waals surface area contributed by atoms with E-state index >= 15 is 0 Å². The third-order valence-electron chi connectivity index (χ3n) is 2.75. The van der Waals surface area contributed by atoms with E-state index in [2.05, 4.69) is 10.1 Å². The molecule has 2 aromatic rings. The Bertz CT molecular complexity index is 518. The van der Waals surface area contributed by atoms with Gasteiger partial charge in [0.15, 0.2) is 0 Å². The quantitative estimate of drug-likeness (QED) is 0.860. The topological polar surface area (TPSA) is 68.4 Å². The number of rotatable bonds is 2. The van der Waals surface area contributed by atoms with E-state index in [1.165, 1.54) is 0 Å². The molecule has 88 valence electrons. The van der Waals surface area contributed by atoms with Gasteiger partial charge in [-0.3, -0.25) is 0 Å². The monoisotopic (exact) mass is 232 g/mol. The highest BCUT2D eigenvalue weighted by atomic mass is 16.5. The van der Waals surface area contributed by atoms with Crippen LogP contribution in [0, 0.1) is 0 Å². The first-order chi connectivity index (χ1) is 8.33. The normalized spacial score (nSPS) is 19.6. The van der Waals surface area contributed by atoms with Gasteiger partial charge in [0, 0.05) is 12.2 Å². The molecule has 5 nitrogen and oxygen atoms in total. The molecule has 1 aromatic carbocycles. The maximum atomic E-state index is 9.38. The number of phenols is 1. The van der Waals surface area contributed by atoms with E-state index in [0.717, 1.165) is 25.0 Å². The van der Waals surface area contributed by atoms with Crippen LogP contribution in [0.25, 0.3) is 11.4 Å². The molecule has 17 heavy (non-hydrogen) atoms. The Kier molecular flexibility index (Phi) is 2.53. The predicted molar refractivity (Wildman–Crippen MR) is 59.3 cm³/mol. The second-order valence-electron chi connectivity index (χ2n) is 4.01. The van der Waals surface area contributed by atoms with E-state index < -0.39 is 0 Å². The van der Waals surface area contributed by atoms with Crippen LogP contribution in [0.15, 0.2) is 28.8 Å². The van der Waals surface area contributed by atoms with Crippen LogP contribution < -0.4 is 0 Å². The van der Waals surface area contributed by atoms with Gasteiger partial charge in [-0.25, -0.2) is 0 Å². The fraction of sp³-hybridized carbons (Fsp3) is 0.333. The van der Waals surface area contributed by atoms with Gasteiger partial charge in [0.05, 0.1) is 0 Å². The summed E-state index contributed by atoms with van der Waals surface area (Å²) >= 11 is 0. The number of ether oxygens (including phenoxy) is 1. The first kappa shape index (κ1) is 10.3. The van der Waals surface area contributed by atoms with Crippen LogP contribution in [0.5, 0.6) is 5.75 Å². The van der Waals surface area contributed by atoms with Crippen molar-refractivity contribution in [2.45, 2.75) is 18.9 Å². The molecule has 1 atom stereocenters. The van der Waals surface area contributed by atoms with Crippen molar-refractivity contribution in [1.29, 1.82) is 0 Å². The Hall–Kier alpha value is -1.88. The lowest BCUT2D eigenvalue weighted by molar-refractivity contribution is 0.0835. The lowest BCUT2D eigenvalue weighted by Crippen LogP contribution is -1.95. The summed E-state index contributed by atoms with van der Waals surface area (Å²) in [4.78, 5) is 4.29. The molecule has 1 N–H and O–H groups in total. The van der Waals surface area contributed by atoms with Gasteiger partial charge >= 0.3 is 0 Å². The SMILES string of the molecule is Oc1cccc(-c2noc([C@@H]3CCCO3)n2)c1. The van der Waals surface area contributed by atoms with Crippen LogP contribution in [0.2, 0.25) is 0 Å². The molecule has 1 aliphatic heterocycles. The largest absolute Gasteiger partial charge is 0.508 e. The van der Waals surface area contributed by atoms with Gasteiger partial charge in [-0.05, 0) is 25.0 Å². The number of aromatic hydroxyl groups is 1. The summed E-state index contributed by atoms with van der Waals surface area (Å²) in [6.07, 6.45) is 1.87. The van der Waals surface area contributed by atoms with E-state index in [4.69, 9.17) is 9.26 Å². The van der Waals surface area contributed by atoms with Crippen LogP contribution in [0.4, 0.5) is 0 Å². The van der Waals surface area contributed by atoms with E-state index in [9.17, 15) is 5.11 Å². The highest BCUT2D eigenvalue weighted by Gasteiger charge is 2.24. The lowest BCUT2D eigenvalue weighted by atomic mass is 10.2. The molecule has 0 bridgehead atoms. The smallest absolute Gasteiger partial charge is 0.256 e. The minimum absolute atomic E-state index is 0.0754. The number of phenolic OH excluding ortho intramolecular Hbond substituents is 1. The molecule has 1 aliphatic rings. The molecule has 0 unspecified atom stereocenters. The third-order valence-corrected chi connectivity index (χ3v) is 2.75. The molecule has 5 heteroatoms. The Morgan fingerprint density at radius 3 is 3.06 bits per heavy atom. The predicted octanol–water partition coefficient (Wildman–Crippen LogP) is 2.29. The molecule has 3 rings (SSSR count). The summed E-state index contributed by atoms with van der Waals surface area (Å²) in [6, 6.07) is 6.77. The number of benzene rings is 1. The number of hydrogen-bond donors (Lipinski definition) is 1. The summed E-state index contributed by atoms with van der Waals surface area (Å²) < 4.78 is 10.6. The van der Waals surface area contributed by atoms with E-state index in [1.807, 2.05) is 6.07 Å². The van der Waals surface area contributed by atoms with Gasteiger partial charge < -0.3 is 14.4 Å². The second-order valence-corrected chi connectivity index (χ2v) is 4.01. The third kappa shape index (κ3) is 2.01. The fourth-order valence-electron chi connectivity index (χ4n) is 1.90. The average Bonchev–Trinajstić information content (AvgIpc) is 3.00. The van der Waals surface area contributed by atoms with Gasteiger partial charge in [0.25, 0.3) is 5.89 Å². The maximum Gasteiger partial charge on any atom is 0.256 e. The van der Waals surface area contributed by atoms with Crippen molar-refractivity contribution in [2.24, 2.45) is 0 Å². The molecule has 2 heterocycles. The van der Waals surface area contributed by atoms with Crippen molar-refractivity contribution in [3.05, 3.63) is 30.2 Å². The highest BCUT2D eigenvalue weighted by Crippen LogP contribution is 2.29. The minimum atomic E-state index is -0.0754. The Labute approximate surface area is 98.0 Å². The van der Waals surface area contributed by atoms with Gasteiger partial charge in [-0.15, -0.1) is 0 Å². The van der Waals surface area contributed by atoms with Crippen LogP contribution in [-0.4, -0.2) is 21.9 Å². The van der Waals surface area contributed by atoms with E-state index in [1.54, 1.807) is 18.2 Å². The summed E-state index contributed by atoms with van der Waals surface area (Å²) in [5.41, 5.74) is 0.734. The first-order valence-corrected chi connectivity index (χ1v) is 5.57. The Morgan fingerprint density at radius 2 is 2.29 bits per heavy atom. The van der Waals surface area contributed by atoms with Crippen molar-refractivity contribution in [2.75, 3.05) is 6.61 Å². The zero-order chi connectivity index (χ0) is 11.7. The van der Waals surface area contributed by atoms with Crippen LogP contribution in [0.3, 0.4) is 0 Å². The Balaban J connectivity index is 1.89. The van der Waals surface area contributed by atoms with Crippen molar-refractivity contribution in [1.82, 2.24) is 10.1 Å². The van der Waals surface area contributed by atoms with Gasteiger partial charge in [0.1, 0.15) is 11.9 Å². The van der Waals surface area contributed by atoms with Crippen LogP contribution in [0.1, 0.15) is 24.8 Å². The van der Waals surface area contributed by atoms with Crippen LogP contribution in [-0.2, 0) is 4.74 Å². The summed E-state index contributed by atoms with van der Waals surface area (Å²) in [7, 11) is 0. The van der Waals surface area contributed by atoms with Gasteiger partial charge in [-0.1, -0.05) is 17.3 Å². The second kappa shape index (κ2) is 4.18. The first-order valence-electron chi connectivity index (χ1n) is 5.57. The highest BCUT2D eigenvalue weighted by molar-refractivity contribution is 5.56. The molecule has 0 saturated carbocycles. The zero-order valence-corrected chi connectivity index (χ0v) is 9.17. The molecule has 1 fully saturated rings. The average molecular weight is 232 g/mol. The molecular weight excluding hydrogens is 220 g/mol. The molecule has 1 aromatic heterocycles. The number of aromatic nitrogens is 2. The van der Waals surface area contributed by atoms with Gasteiger partial charge in [0.2, 0.25) is 5.82 Å². The van der Waals surface area contributed by atoms with Crippen molar-refractivity contribution in [3.63, 3.8) is 0 Å². The molecule has 0 radical (unpaired) electrons.